The molecule has 1 N–H and O–H groups in total. The van der Waals surface area contributed by atoms with Gasteiger partial charge in [0, 0.05) is 22.1 Å². The van der Waals surface area contributed by atoms with Crippen molar-refractivity contribution in [1.82, 2.24) is 4.98 Å². The minimum Gasteiger partial charge on any atom is -0.321 e. The Balaban J connectivity index is 2.26. The van der Waals surface area contributed by atoms with E-state index >= 15 is 0 Å². The lowest BCUT2D eigenvalue weighted by molar-refractivity contribution is 0.102. The summed E-state index contributed by atoms with van der Waals surface area (Å²) in [7, 11) is 0. The molecule has 0 aliphatic rings. The van der Waals surface area contributed by atoms with Gasteiger partial charge >= 0.3 is 0 Å². The highest BCUT2D eigenvalue weighted by molar-refractivity contribution is 9.10. The summed E-state index contributed by atoms with van der Waals surface area (Å²) in [5.41, 5.74) is 4.37. The average Bonchev–Trinajstić information content (AvgIpc) is 2.34. The Kier molecular flexibility index (Phi) is 4.00. The number of amides is 1. The van der Waals surface area contributed by atoms with Crippen LogP contribution in [0.25, 0.3) is 0 Å². The summed E-state index contributed by atoms with van der Waals surface area (Å²) in [5.74, 6) is -0.138. The zero-order valence-electron chi connectivity index (χ0n) is 11.1. The molecule has 4 heteroatoms. The highest BCUT2D eigenvalue weighted by Crippen LogP contribution is 2.25. The number of rotatable bonds is 2. The zero-order valence-corrected chi connectivity index (χ0v) is 12.7. The molecule has 19 heavy (non-hydrogen) atoms. The van der Waals surface area contributed by atoms with Crippen LogP contribution in [0.15, 0.2) is 34.9 Å². The van der Waals surface area contributed by atoms with Crippen molar-refractivity contribution in [2.24, 2.45) is 0 Å². The molecule has 2 aromatic rings. The minimum atomic E-state index is -0.138. The van der Waals surface area contributed by atoms with Crippen LogP contribution in [0.2, 0.25) is 0 Å². The number of hydrogen-bond donors (Lipinski definition) is 1. The molecule has 0 bridgehead atoms. The molecule has 2 rings (SSSR count). The molecule has 1 heterocycles. The summed E-state index contributed by atoms with van der Waals surface area (Å²) in [6.07, 6.45) is 1.59. The molecule has 0 radical (unpaired) electrons. The van der Waals surface area contributed by atoms with Crippen LogP contribution in [-0.2, 0) is 0 Å². The van der Waals surface area contributed by atoms with E-state index in [1.165, 1.54) is 0 Å². The van der Waals surface area contributed by atoms with E-state index in [1.807, 2.05) is 39.0 Å². The van der Waals surface area contributed by atoms with E-state index in [0.717, 1.165) is 27.0 Å². The Hall–Kier alpha value is -1.68. The first kappa shape index (κ1) is 13.7. The maximum Gasteiger partial charge on any atom is 0.257 e. The van der Waals surface area contributed by atoms with Crippen LogP contribution in [0.3, 0.4) is 0 Å². The third-order valence-corrected chi connectivity index (χ3v) is 3.37. The third-order valence-electron chi connectivity index (χ3n) is 2.91. The summed E-state index contributed by atoms with van der Waals surface area (Å²) >= 11 is 3.44. The number of carbonyl (C=O) groups excluding carboxylic acids is 1. The Labute approximate surface area is 121 Å². The lowest BCUT2D eigenvalue weighted by atomic mass is 10.1. The number of pyridine rings is 1. The van der Waals surface area contributed by atoms with Crippen molar-refractivity contribution >= 4 is 27.5 Å². The van der Waals surface area contributed by atoms with Gasteiger partial charge in [-0.3, -0.25) is 9.78 Å². The first-order valence-corrected chi connectivity index (χ1v) is 6.77. The predicted octanol–water partition coefficient (Wildman–Crippen LogP) is 4.02. The van der Waals surface area contributed by atoms with Crippen molar-refractivity contribution in [2.75, 3.05) is 5.32 Å². The second-order valence-corrected chi connectivity index (χ2v) is 5.47. The summed E-state index contributed by atoms with van der Waals surface area (Å²) in [4.78, 5) is 16.3. The van der Waals surface area contributed by atoms with Crippen molar-refractivity contribution in [2.45, 2.75) is 20.8 Å². The molecule has 0 saturated heterocycles. The number of anilines is 1. The fraction of sp³-hybridized carbons (Fsp3) is 0.200. The second-order valence-electron chi connectivity index (χ2n) is 4.56. The molecule has 98 valence electrons. The predicted molar refractivity (Wildman–Crippen MR) is 80.5 cm³/mol. The topological polar surface area (TPSA) is 42.0 Å². The summed E-state index contributed by atoms with van der Waals surface area (Å²) in [6, 6.07) is 7.57. The quantitative estimate of drug-likeness (QED) is 0.908. The normalized spacial score (nSPS) is 10.3. The van der Waals surface area contributed by atoms with E-state index in [1.54, 1.807) is 12.3 Å². The number of aryl methyl sites for hydroxylation is 3. The van der Waals surface area contributed by atoms with Crippen molar-refractivity contribution in [3.63, 3.8) is 0 Å². The molecule has 0 aliphatic carbocycles. The number of nitrogens with zero attached hydrogens (tertiary/aromatic N) is 1. The molecule has 1 amide bonds. The third kappa shape index (κ3) is 3.20. The minimum absolute atomic E-state index is 0.138. The number of aromatic nitrogens is 1. The van der Waals surface area contributed by atoms with Crippen LogP contribution in [0, 0.1) is 20.8 Å². The van der Waals surface area contributed by atoms with E-state index in [9.17, 15) is 4.79 Å². The number of nitrogens with one attached hydrogen (secondary N) is 1. The molecule has 3 nitrogen and oxygen atoms in total. The van der Waals surface area contributed by atoms with Crippen LogP contribution in [0.1, 0.15) is 27.2 Å². The van der Waals surface area contributed by atoms with Gasteiger partial charge in [-0.25, -0.2) is 0 Å². The van der Waals surface area contributed by atoms with Crippen molar-refractivity contribution < 1.29 is 4.79 Å². The number of halogens is 1. The standard InChI is InChI=1S/C15H15BrN2O/c1-9-6-13(16)7-10(2)14(9)18-15(19)12-5-4-11(3)17-8-12/h4-8H,1-3H3,(H,18,19). The van der Waals surface area contributed by atoms with Gasteiger partial charge in [-0.2, -0.15) is 0 Å². The largest absolute Gasteiger partial charge is 0.321 e. The van der Waals surface area contributed by atoms with E-state index < -0.39 is 0 Å². The molecule has 0 saturated carbocycles. The van der Waals surface area contributed by atoms with Gasteiger partial charge in [0.05, 0.1) is 5.56 Å². The van der Waals surface area contributed by atoms with Gasteiger partial charge in [-0.05, 0) is 56.2 Å². The highest BCUT2D eigenvalue weighted by Gasteiger charge is 2.10. The van der Waals surface area contributed by atoms with Crippen molar-refractivity contribution in [3.8, 4) is 0 Å². The monoisotopic (exact) mass is 318 g/mol. The number of hydrogen-bond acceptors (Lipinski definition) is 2. The maximum atomic E-state index is 12.2. The van der Waals surface area contributed by atoms with Crippen molar-refractivity contribution in [3.05, 3.63) is 57.3 Å². The fourth-order valence-electron chi connectivity index (χ4n) is 1.90. The lowest BCUT2D eigenvalue weighted by Crippen LogP contribution is -2.14. The SMILES string of the molecule is Cc1ccc(C(=O)Nc2c(C)cc(Br)cc2C)cn1. The van der Waals surface area contributed by atoms with Crippen LogP contribution in [0.4, 0.5) is 5.69 Å². The Morgan fingerprint density at radius 1 is 1.16 bits per heavy atom. The molecule has 1 aromatic carbocycles. The van der Waals surface area contributed by atoms with Crippen LogP contribution in [0.5, 0.6) is 0 Å². The Morgan fingerprint density at radius 3 is 2.32 bits per heavy atom. The molecule has 0 unspecified atom stereocenters. The zero-order chi connectivity index (χ0) is 14.0. The van der Waals surface area contributed by atoms with Crippen LogP contribution in [-0.4, -0.2) is 10.9 Å². The van der Waals surface area contributed by atoms with E-state index in [2.05, 4.69) is 26.2 Å². The van der Waals surface area contributed by atoms with E-state index in [-0.39, 0.29) is 5.91 Å². The molecular formula is C15H15BrN2O. The molecule has 0 fully saturated rings. The first-order chi connectivity index (χ1) is 8.97. The second kappa shape index (κ2) is 5.53. The van der Waals surface area contributed by atoms with Gasteiger partial charge in [0.15, 0.2) is 0 Å². The smallest absolute Gasteiger partial charge is 0.257 e. The number of carbonyl (C=O) groups is 1. The van der Waals surface area contributed by atoms with E-state index in [4.69, 9.17) is 0 Å². The van der Waals surface area contributed by atoms with Crippen LogP contribution >= 0.6 is 15.9 Å². The summed E-state index contributed by atoms with van der Waals surface area (Å²) < 4.78 is 1.01. The molecule has 0 aliphatic heterocycles. The van der Waals surface area contributed by atoms with Crippen molar-refractivity contribution in [1.29, 1.82) is 0 Å². The summed E-state index contributed by atoms with van der Waals surface area (Å²) in [6.45, 7) is 5.84. The van der Waals surface area contributed by atoms with E-state index in [0.29, 0.717) is 5.56 Å². The first-order valence-electron chi connectivity index (χ1n) is 5.98. The molecule has 0 spiro atoms. The van der Waals surface area contributed by atoms with Gasteiger partial charge in [-0.1, -0.05) is 15.9 Å². The Bertz CT molecular complexity index is 598. The van der Waals surface area contributed by atoms with Gasteiger partial charge in [0.25, 0.3) is 5.91 Å². The van der Waals surface area contributed by atoms with Gasteiger partial charge < -0.3 is 5.32 Å². The highest BCUT2D eigenvalue weighted by atomic mass is 79.9. The number of benzene rings is 1. The lowest BCUT2D eigenvalue weighted by Gasteiger charge is -2.12. The Morgan fingerprint density at radius 2 is 1.79 bits per heavy atom. The van der Waals surface area contributed by atoms with Crippen LogP contribution < -0.4 is 5.32 Å². The molecule has 1 aromatic heterocycles. The van der Waals surface area contributed by atoms with Gasteiger partial charge in [-0.15, -0.1) is 0 Å². The summed E-state index contributed by atoms with van der Waals surface area (Å²) in [5, 5.41) is 2.94. The molecular weight excluding hydrogens is 304 g/mol. The van der Waals surface area contributed by atoms with Gasteiger partial charge in [0.2, 0.25) is 0 Å². The fourth-order valence-corrected chi connectivity index (χ4v) is 2.58. The average molecular weight is 319 g/mol. The molecule has 0 atom stereocenters. The maximum absolute atomic E-state index is 12.2. The van der Waals surface area contributed by atoms with Gasteiger partial charge in [0.1, 0.15) is 0 Å².